The first-order chi connectivity index (χ1) is 17.4. The fraction of sp³-hybridized carbons (Fsp3) is 0.267. The van der Waals surface area contributed by atoms with Crippen molar-refractivity contribution in [2.75, 3.05) is 0 Å². The van der Waals surface area contributed by atoms with Gasteiger partial charge in [-0.05, 0) is 62.1 Å². The first-order valence-corrected chi connectivity index (χ1v) is 12.4. The molecular weight excluding hydrogens is 472 g/mol. The molecule has 0 unspecified atom stereocenters. The SMILES string of the molecule is Cc1cc(C)c(CCl)c(OCc2ccccc2)n1.Cc1cc(C)c(CO)c(OCc2ccccc2)n1. The van der Waals surface area contributed by atoms with Crippen molar-refractivity contribution in [3.05, 3.63) is 118 Å². The van der Waals surface area contributed by atoms with Crippen molar-refractivity contribution in [1.82, 2.24) is 9.97 Å². The number of alkyl halides is 1. The second-order valence-corrected chi connectivity index (χ2v) is 8.84. The third-order valence-electron chi connectivity index (χ3n) is 5.60. The second kappa shape index (κ2) is 13.6. The van der Waals surface area contributed by atoms with Crippen LogP contribution in [-0.4, -0.2) is 15.1 Å². The minimum Gasteiger partial charge on any atom is -0.473 e. The van der Waals surface area contributed by atoms with E-state index in [0.717, 1.165) is 44.8 Å². The highest BCUT2D eigenvalue weighted by Crippen LogP contribution is 2.24. The molecule has 0 aliphatic rings. The van der Waals surface area contributed by atoms with Gasteiger partial charge in [-0.2, -0.15) is 0 Å². The number of pyridine rings is 2. The Kier molecular flexibility index (Phi) is 10.3. The average molecular weight is 505 g/mol. The summed E-state index contributed by atoms with van der Waals surface area (Å²) in [5, 5.41) is 9.37. The monoisotopic (exact) mass is 504 g/mol. The van der Waals surface area contributed by atoms with Gasteiger partial charge in [-0.25, -0.2) is 9.97 Å². The van der Waals surface area contributed by atoms with Gasteiger partial charge in [0.15, 0.2) is 0 Å². The lowest BCUT2D eigenvalue weighted by atomic mass is 10.1. The summed E-state index contributed by atoms with van der Waals surface area (Å²) in [7, 11) is 0. The summed E-state index contributed by atoms with van der Waals surface area (Å²) in [6.07, 6.45) is 0. The molecule has 36 heavy (non-hydrogen) atoms. The summed E-state index contributed by atoms with van der Waals surface area (Å²) in [6, 6.07) is 23.9. The minimum absolute atomic E-state index is 0.0523. The smallest absolute Gasteiger partial charge is 0.219 e. The molecule has 188 valence electrons. The van der Waals surface area contributed by atoms with Gasteiger partial charge in [-0.3, -0.25) is 0 Å². The Hall–Kier alpha value is -3.41. The molecular formula is C30H33ClN2O3. The predicted octanol–water partition coefficient (Wildman–Crippen LogP) is 6.79. The molecule has 0 aliphatic carbocycles. The Morgan fingerprint density at radius 1 is 0.667 bits per heavy atom. The van der Waals surface area contributed by atoms with E-state index in [1.807, 2.05) is 100 Å². The molecule has 0 radical (unpaired) electrons. The van der Waals surface area contributed by atoms with Gasteiger partial charge in [0.25, 0.3) is 0 Å². The predicted molar refractivity (Wildman–Crippen MR) is 144 cm³/mol. The molecule has 0 amide bonds. The number of rotatable bonds is 8. The molecule has 6 heteroatoms. The molecule has 2 aromatic heterocycles. The number of hydrogen-bond donors (Lipinski definition) is 1. The molecule has 0 fully saturated rings. The van der Waals surface area contributed by atoms with Gasteiger partial charge in [0.1, 0.15) is 13.2 Å². The van der Waals surface area contributed by atoms with Crippen LogP contribution in [-0.2, 0) is 25.7 Å². The zero-order valence-electron chi connectivity index (χ0n) is 21.3. The number of aromatic nitrogens is 2. The van der Waals surface area contributed by atoms with Crippen LogP contribution in [0.4, 0.5) is 0 Å². The van der Waals surface area contributed by atoms with Crippen LogP contribution in [0.15, 0.2) is 72.8 Å². The number of nitrogens with zero attached hydrogens (tertiary/aromatic N) is 2. The normalized spacial score (nSPS) is 10.4. The van der Waals surface area contributed by atoms with Crippen LogP contribution in [0.3, 0.4) is 0 Å². The summed E-state index contributed by atoms with van der Waals surface area (Å²) in [4.78, 5) is 8.75. The molecule has 4 aromatic rings. The Balaban J connectivity index is 0.000000201. The number of aliphatic hydroxyl groups is 1. The highest BCUT2D eigenvalue weighted by atomic mass is 35.5. The molecule has 0 bridgehead atoms. The first kappa shape index (κ1) is 27.2. The van der Waals surface area contributed by atoms with Crippen LogP contribution in [0.1, 0.15) is 44.8 Å². The first-order valence-electron chi connectivity index (χ1n) is 11.9. The number of benzene rings is 2. The zero-order valence-corrected chi connectivity index (χ0v) is 22.0. The molecule has 4 rings (SSSR count). The topological polar surface area (TPSA) is 64.5 Å². The highest BCUT2D eigenvalue weighted by Gasteiger charge is 2.10. The molecule has 5 nitrogen and oxygen atoms in total. The number of ether oxygens (including phenoxy) is 2. The van der Waals surface area contributed by atoms with E-state index in [9.17, 15) is 5.11 Å². The maximum Gasteiger partial charge on any atom is 0.219 e. The summed E-state index contributed by atoms with van der Waals surface area (Å²) in [5.74, 6) is 1.59. The maximum absolute atomic E-state index is 9.37. The molecule has 0 aliphatic heterocycles. The highest BCUT2D eigenvalue weighted by molar-refractivity contribution is 6.17. The third kappa shape index (κ3) is 7.80. The van der Waals surface area contributed by atoms with Crippen LogP contribution in [0, 0.1) is 27.7 Å². The molecule has 0 atom stereocenters. The van der Waals surface area contributed by atoms with Gasteiger partial charge in [0.05, 0.1) is 12.5 Å². The zero-order chi connectivity index (χ0) is 25.9. The van der Waals surface area contributed by atoms with Crippen molar-refractivity contribution in [1.29, 1.82) is 0 Å². The van der Waals surface area contributed by atoms with E-state index >= 15 is 0 Å². The standard InChI is InChI=1S/C15H16ClNO.C15H17NO2/c1-11-8-12(2)17-15(14(11)9-16)18-10-13-6-4-3-5-7-13;1-11-8-12(2)16-15(14(11)9-17)18-10-13-6-4-3-5-7-13/h3-8H,9-10H2,1-2H3;3-8,17H,9-10H2,1-2H3. The summed E-state index contributed by atoms with van der Waals surface area (Å²) in [5.41, 5.74) is 7.92. The number of aliphatic hydroxyl groups excluding tert-OH is 1. The van der Waals surface area contributed by atoms with Gasteiger partial charge < -0.3 is 14.6 Å². The summed E-state index contributed by atoms with van der Waals surface area (Å²) >= 11 is 5.95. The molecule has 0 saturated heterocycles. The lowest BCUT2D eigenvalue weighted by molar-refractivity contribution is 0.251. The Morgan fingerprint density at radius 3 is 1.50 bits per heavy atom. The maximum atomic E-state index is 9.37. The van der Waals surface area contributed by atoms with Crippen LogP contribution < -0.4 is 9.47 Å². The molecule has 0 saturated carbocycles. The van der Waals surface area contributed by atoms with Crippen LogP contribution in [0.2, 0.25) is 0 Å². The molecule has 1 N–H and O–H groups in total. The van der Waals surface area contributed by atoms with Crippen LogP contribution in [0.5, 0.6) is 11.8 Å². The van der Waals surface area contributed by atoms with E-state index < -0.39 is 0 Å². The summed E-state index contributed by atoms with van der Waals surface area (Å²) in [6.45, 7) is 8.79. The number of halogens is 1. The molecule has 0 spiro atoms. The van der Waals surface area contributed by atoms with Crippen molar-refractivity contribution in [3.63, 3.8) is 0 Å². The quantitative estimate of drug-likeness (QED) is 0.268. The van der Waals surface area contributed by atoms with E-state index in [-0.39, 0.29) is 6.61 Å². The van der Waals surface area contributed by atoms with Crippen molar-refractivity contribution in [2.24, 2.45) is 0 Å². The van der Waals surface area contributed by atoms with Gasteiger partial charge in [0, 0.05) is 22.5 Å². The molecule has 2 heterocycles. The lowest BCUT2D eigenvalue weighted by Gasteiger charge is -2.12. The lowest BCUT2D eigenvalue weighted by Crippen LogP contribution is -2.03. The van der Waals surface area contributed by atoms with E-state index in [4.69, 9.17) is 21.1 Å². The van der Waals surface area contributed by atoms with E-state index in [1.165, 1.54) is 0 Å². The van der Waals surface area contributed by atoms with Crippen LogP contribution >= 0.6 is 11.6 Å². The van der Waals surface area contributed by atoms with Gasteiger partial charge in [0.2, 0.25) is 11.8 Å². The van der Waals surface area contributed by atoms with Gasteiger partial charge in [-0.15, -0.1) is 11.6 Å². The van der Waals surface area contributed by atoms with Crippen molar-refractivity contribution in [3.8, 4) is 11.8 Å². The summed E-state index contributed by atoms with van der Waals surface area (Å²) < 4.78 is 11.5. The van der Waals surface area contributed by atoms with Crippen molar-refractivity contribution in [2.45, 2.75) is 53.4 Å². The second-order valence-electron chi connectivity index (χ2n) is 8.57. The third-order valence-corrected chi connectivity index (χ3v) is 5.87. The van der Waals surface area contributed by atoms with Gasteiger partial charge >= 0.3 is 0 Å². The average Bonchev–Trinajstić information content (AvgIpc) is 2.87. The Morgan fingerprint density at radius 2 is 1.08 bits per heavy atom. The van der Waals surface area contributed by atoms with E-state index in [0.29, 0.717) is 30.9 Å². The fourth-order valence-electron chi connectivity index (χ4n) is 3.70. The number of aryl methyl sites for hydroxylation is 4. The Bertz CT molecular complexity index is 1150. The van der Waals surface area contributed by atoms with Crippen molar-refractivity contribution < 1.29 is 14.6 Å². The molecule has 2 aromatic carbocycles. The Labute approximate surface area is 218 Å². The van der Waals surface area contributed by atoms with Gasteiger partial charge in [-0.1, -0.05) is 60.7 Å². The largest absolute Gasteiger partial charge is 0.473 e. The fourth-order valence-corrected chi connectivity index (χ4v) is 4.03. The van der Waals surface area contributed by atoms with Crippen molar-refractivity contribution >= 4 is 11.6 Å². The van der Waals surface area contributed by atoms with E-state index in [2.05, 4.69) is 9.97 Å². The van der Waals surface area contributed by atoms with Crippen LogP contribution in [0.25, 0.3) is 0 Å². The minimum atomic E-state index is -0.0523. The van der Waals surface area contributed by atoms with E-state index in [1.54, 1.807) is 0 Å². The number of hydrogen-bond acceptors (Lipinski definition) is 5.